The summed E-state index contributed by atoms with van der Waals surface area (Å²) >= 11 is 0. The lowest BCUT2D eigenvalue weighted by Gasteiger charge is -2.26. The van der Waals surface area contributed by atoms with E-state index in [0.29, 0.717) is 6.61 Å². The first-order valence-electron chi connectivity index (χ1n) is 6.39. The van der Waals surface area contributed by atoms with Gasteiger partial charge < -0.3 is 19.3 Å². The normalized spacial score (nSPS) is 15.9. The third-order valence-corrected chi connectivity index (χ3v) is 2.07. The van der Waals surface area contributed by atoms with Gasteiger partial charge in [-0.2, -0.15) is 0 Å². The Kier molecular flexibility index (Phi) is 8.78. The van der Waals surface area contributed by atoms with E-state index in [1.807, 2.05) is 41.5 Å². The SMILES string of the molecule is CC(C)OCC(O)C(COC(C)C)OC(C)C. The average Bonchev–Trinajstić information content (AvgIpc) is 2.19. The summed E-state index contributed by atoms with van der Waals surface area (Å²) in [7, 11) is 0. The maximum absolute atomic E-state index is 9.99. The van der Waals surface area contributed by atoms with Crippen LogP contribution in [0.4, 0.5) is 0 Å². The van der Waals surface area contributed by atoms with Gasteiger partial charge in [0.15, 0.2) is 0 Å². The lowest BCUT2D eigenvalue weighted by Crippen LogP contribution is -2.39. The second-order valence-electron chi connectivity index (χ2n) is 5.05. The Morgan fingerprint density at radius 2 is 1.24 bits per heavy atom. The number of aliphatic hydroxyl groups is 1. The zero-order valence-electron chi connectivity index (χ0n) is 12.0. The van der Waals surface area contributed by atoms with Crippen molar-refractivity contribution in [2.45, 2.75) is 72.1 Å². The van der Waals surface area contributed by atoms with Crippen LogP contribution in [0, 0.1) is 0 Å². The fourth-order valence-corrected chi connectivity index (χ4v) is 1.28. The van der Waals surface area contributed by atoms with Gasteiger partial charge >= 0.3 is 0 Å². The fraction of sp³-hybridized carbons (Fsp3) is 1.00. The molecule has 17 heavy (non-hydrogen) atoms. The molecule has 0 aliphatic heterocycles. The summed E-state index contributed by atoms with van der Waals surface area (Å²) in [5.74, 6) is 0. The quantitative estimate of drug-likeness (QED) is 0.678. The Balaban J connectivity index is 4.14. The van der Waals surface area contributed by atoms with E-state index in [0.717, 1.165) is 0 Å². The van der Waals surface area contributed by atoms with Crippen molar-refractivity contribution in [3.05, 3.63) is 0 Å². The van der Waals surface area contributed by atoms with Gasteiger partial charge in [0.2, 0.25) is 0 Å². The predicted molar refractivity (Wildman–Crippen MR) is 68.2 cm³/mol. The van der Waals surface area contributed by atoms with Crippen molar-refractivity contribution in [3.63, 3.8) is 0 Å². The van der Waals surface area contributed by atoms with E-state index in [1.165, 1.54) is 0 Å². The van der Waals surface area contributed by atoms with Crippen LogP contribution in [0.25, 0.3) is 0 Å². The van der Waals surface area contributed by atoms with Crippen LogP contribution in [0.15, 0.2) is 0 Å². The van der Waals surface area contributed by atoms with E-state index < -0.39 is 6.10 Å². The molecule has 2 atom stereocenters. The van der Waals surface area contributed by atoms with E-state index in [-0.39, 0.29) is 31.0 Å². The summed E-state index contributed by atoms with van der Waals surface area (Å²) in [6.45, 7) is 12.4. The molecule has 0 radical (unpaired) electrons. The molecule has 0 aromatic rings. The van der Waals surface area contributed by atoms with Crippen molar-refractivity contribution in [1.82, 2.24) is 0 Å². The molecule has 0 saturated carbocycles. The van der Waals surface area contributed by atoms with Gasteiger partial charge in [-0.15, -0.1) is 0 Å². The highest BCUT2D eigenvalue weighted by Crippen LogP contribution is 2.07. The number of ether oxygens (including phenoxy) is 3. The largest absolute Gasteiger partial charge is 0.388 e. The minimum absolute atomic E-state index is 0.0597. The van der Waals surface area contributed by atoms with Crippen LogP contribution in [0.5, 0.6) is 0 Å². The molecule has 0 amide bonds. The zero-order chi connectivity index (χ0) is 13.4. The topological polar surface area (TPSA) is 47.9 Å². The monoisotopic (exact) mass is 248 g/mol. The molecular weight excluding hydrogens is 220 g/mol. The van der Waals surface area contributed by atoms with Crippen LogP contribution in [-0.2, 0) is 14.2 Å². The van der Waals surface area contributed by atoms with Gasteiger partial charge in [0, 0.05) is 0 Å². The molecule has 0 fully saturated rings. The fourth-order valence-electron chi connectivity index (χ4n) is 1.28. The molecule has 0 aromatic carbocycles. The summed E-state index contributed by atoms with van der Waals surface area (Å²) < 4.78 is 16.5. The first-order valence-corrected chi connectivity index (χ1v) is 6.39. The number of hydrogen-bond acceptors (Lipinski definition) is 4. The van der Waals surface area contributed by atoms with Crippen molar-refractivity contribution in [2.24, 2.45) is 0 Å². The minimum Gasteiger partial charge on any atom is -0.388 e. The second kappa shape index (κ2) is 8.86. The van der Waals surface area contributed by atoms with Crippen LogP contribution in [0.2, 0.25) is 0 Å². The van der Waals surface area contributed by atoms with Crippen molar-refractivity contribution in [3.8, 4) is 0 Å². The van der Waals surface area contributed by atoms with E-state index in [9.17, 15) is 5.11 Å². The minimum atomic E-state index is -0.654. The Labute approximate surface area is 105 Å². The molecule has 4 nitrogen and oxygen atoms in total. The molecule has 1 N–H and O–H groups in total. The number of rotatable bonds is 9. The average molecular weight is 248 g/mol. The van der Waals surface area contributed by atoms with Crippen LogP contribution >= 0.6 is 0 Å². The smallest absolute Gasteiger partial charge is 0.109 e. The Hall–Kier alpha value is -0.160. The van der Waals surface area contributed by atoms with E-state index in [2.05, 4.69) is 0 Å². The Morgan fingerprint density at radius 1 is 0.765 bits per heavy atom. The van der Waals surface area contributed by atoms with Gasteiger partial charge in [-0.05, 0) is 41.5 Å². The highest BCUT2D eigenvalue weighted by molar-refractivity contribution is 4.70. The molecule has 104 valence electrons. The van der Waals surface area contributed by atoms with Crippen LogP contribution in [0.1, 0.15) is 41.5 Å². The third-order valence-electron chi connectivity index (χ3n) is 2.07. The molecular formula is C13H28O4. The maximum Gasteiger partial charge on any atom is 0.109 e. The summed E-state index contributed by atoms with van der Waals surface area (Å²) in [4.78, 5) is 0. The van der Waals surface area contributed by atoms with Gasteiger partial charge in [-0.3, -0.25) is 0 Å². The summed E-state index contributed by atoms with van der Waals surface area (Å²) in [6.07, 6.45) is -0.694. The van der Waals surface area contributed by atoms with Crippen molar-refractivity contribution < 1.29 is 19.3 Å². The molecule has 0 bridgehead atoms. The lowest BCUT2D eigenvalue weighted by molar-refractivity contribution is -0.130. The molecule has 2 unspecified atom stereocenters. The van der Waals surface area contributed by atoms with Gasteiger partial charge in [-0.25, -0.2) is 0 Å². The van der Waals surface area contributed by atoms with Crippen LogP contribution in [0.3, 0.4) is 0 Å². The molecule has 0 spiro atoms. The van der Waals surface area contributed by atoms with Gasteiger partial charge in [0.25, 0.3) is 0 Å². The predicted octanol–water partition coefficient (Wildman–Crippen LogP) is 1.99. The van der Waals surface area contributed by atoms with Crippen molar-refractivity contribution in [2.75, 3.05) is 13.2 Å². The summed E-state index contributed by atoms with van der Waals surface area (Å²) in [5.41, 5.74) is 0. The van der Waals surface area contributed by atoms with E-state index >= 15 is 0 Å². The molecule has 0 aliphatic rings. The molecule has 4 heteroatoms. The first-order chi connectivity index (χ1) is 7.82. The van der Waals surface area contributed by atoms with Crippen LogP contribution < -0.4 is 0 Å². The summed E-state index contributed by atoms with van der Waals surface area (Å²) in [5, 5.41) is 9.99. The van der Waals surface area contributed by atoms with Gasteiger partial charge in [0.1, 0.15) is 12.2 Å². The third kappa shape index (κ3) is 9.53. The molecule has 0 aromatic heterocycles. The highest BCUT2D eigenvalue weighted by Gasteiger charge is 2.22. The van der Waals surface area contributed by atoms with Gasteiger partial charge in [-0.1, -0.05) is 0 Å². The number of hydrogen-bond donors (Lipinski definition) is 1. The maximum atomic E-state index is 9.99. The number of aliphatic hydroxyl groups excluding tert-OH is 1. The van der Waals surface area contributed by atoms with Crippen molar-refractivity contribution >= 4 is 0 Å². The molecule has 0 rings (SSSR count). The molecule has 0 aliphatic carbocycles. The molecule has 0 heterocycles. The Morgan fingerprint density at radius 3 is 1.65 bits per heavy atom. The van der Waals surface area contributed by atoms with E-state index in [4.69, 9.17) is 14.2 Å². The summed E-state index contributed by atoms with van der Waals surface area (Å²) in [6, 6.07) is 0. The standard InChI is InChI=1S/C13H28O4/c1-9(2)15-7-12(14)13(17-11(5)6)8-16-10(3)4/h9-14H,7-8H2,1-6H3. The lowest BCUT2D eigenvalue weighted by atomic mass is 10.2. The second-order valence-corrected chi connectivity index (χ2v) is 5.05. The van der Waals surface area contributed by atoms with Crippen molar-refractivity contribution in [1.29, 1.82) is 0 Å². The highest BCUT2D eigenvalue weighted by atomic mass is 16.6. The van der Waals surface area contributed by atoms with Gasteiger partial charge in [0.05, 0.1) is 31.5 Å². The first kappa shape index (κ1) is 16.8. The molecule has 0 saturated heterocycles. The van der Waals surface area contributed by atoms with Crippen LogP contribution in [-0.4, -0.2) is 48.8 Å². The Bertz CT molecular complexity index is 180. The van der Waals surface area contributed by atoms with E-state index in [1.54, 1.807) is 0 Å². The zero-order valence-corrected chi connectivity index (χ0v) is 12.0.